The number of ether oxygens (including phenoxy) is 3. The van der Waals surface area contributed by atoms with Crippen LogP contribution < -0.4 is 19.5 Å². The van der Waals surface area contributed by atoms with Crippen molar-refractivity contribution in [3.8, 4) is 17.2 Å². The predicted octanol–water partition coefficient (Wildman–Crippen LogP) is 4.13. The number of nitrogens with one attached hydrogen (secondary N) is 1. The highest BCUT2D eigenvalue weighted by atomic mass is 79.9. The minimum absolute atomic E-state index is 0.271. The van der Waals surface area contributed by atoms with Crippen molar-refractivity contribution in [1.29, 1.82) is 0 Å². The number of halogens is 1. The van der Waals surface area contributed by atoms with E-state index in [1.54, 1.807) is 45.6 Å². The smallest absolute Gasteiger partial charge is 0.248 e. The number of benzene rings is 2. The molecule has 0 aromatic heterocycles. The van der Waals surface area contributed by atoms with Crippen molar-refractivity contribution in [3.63, 3.8) is 0 Å². The lowest BCUT2D eigenvalue weighted by Crippen LogP contribution is -2.08. The first-order valence-electron chi connectivity index (χ1n) is 7.11. The molecule has 0 aliphatic rings. The van der Waals surface area contributed by atoms with Crippen LogP contribution in [-0.4, -0.2) is 27.2 Å². The van der Waals surface area contributed by atoms with Gasteiger partial charge in [-0.1, -0.05) is 15.9 Å². The molecule has 0 saturated carbocycles. The Morgan fingerprint density at radius 1 is 1.00 bits per heavy atom. The van der Waals surface area contributed by atoms with Gasteiger partial charge in [-0.3, -0.25) is 4.79 Å². The second kappa shape index (κ2) is 8.40. The van der Waals surface area contributed by atoms with Crippen LogP contribution >= 0.6 is 15.9 Å². The molecule has 126 valence electrons. The molecule has 0 spiro atoms. The Labute approximate surface area is 149 Å². The second-order valence-electron chi connectivity index (χ2n) is 4.81. The average molecular weight is 392 g/mol. The first-order valence-corrected chi connectivity index (χ1v) is 7.90. The summed E-state index contributed by atoms with van der Waals surface area (Å²) < 4.78 is 16.5. The SMILES string of the molecule is COc1cc(NC(=O)/C=C/c2cc(Br)ccc2OC)cc(OC)c1. The molecule has 0 fully saturated rings. The summed E-state index contributed by atoms with van der Waals surface area (Å²) in [6.07, 6.45) is 3.13. The van der Waals surface area contributed by atoms with E-state index in [1.807, 2.05) is 18.2 Å². The molecule has 5 nitrogen and oxygen atoms in total. The van der Waals surface area contributed by atoms with Gasteiger partial charge in [0.2, 0.25) is 5.91 Å². The van der Waals surface area contributed by atoms with Crippen LogP contribution in [0, 0.1) is 0 Å². The van der Waals surface area contributed by atoms with Gasteiger partial charge in [-0.25, -0.2) is 0 Å². The first kappa shape index (κ1) is 17.9. The van der Waals surface area contributed by atoms with Gasteiger partial charge < -0.3 is 19.5 Å². The molecule has 0 radical (unpaired) electrons. The van der Waals surface area contributed by atoms with Gasteiger partial charge in [0, 0.05) is 40.0 Å². The maximum absolute atomic E-state index is 12.1. The van der Waals surface area contributed by atoms with Crippen molar-refractivity contribution in [1.82, 2.24) is 0 Å². The lowest BCUT2D eigenvalue weighted by Gasteiger charge is -2.09. The Hall–Kier alpha value is -2.47. The van der Waals surface area contributed by atoms with Crippen LogP contribution in [0.15, 0.2) is 46.9 Å². The van der Waals surface area contributed by atoms with Gasteiger partial charge in [-0.15, -0.1) is 0 Å². The van der Waals surface area contributed by atoms with Gasteiger partial charge in [0.05, 0.1) is 21.3 Å². The van der Waals surface area contributed by atoms with E-state index in [0.29, 0.717) is 22.9 Å². The number of anilines is 1. The minimum atomic E-state index is -0.271. The maximum Gasteiger partial charge on any atom is 0.248 e. The molecular formula is C18H18BrNO4. The Bertz CT molecular complexity index is 736. The molecule has 24 heavy (non-hydrogen) atoms. The fourth-order valence-electron chi connectivity index (χ4n) is 2.06. The van der Waals surface area contributed by atoms with Gasteiger partial charge in [-0.2, -0.15) is 0 Å². The molecular weight excluding hydrogens is 374 g/mol. The summed E-state index contributed by atoms with van der Waals surface area (Å²) in [6.45, 7) is 0. The van der Waals surface area contributed by atoms with Crippen LogP contribution in [0.25, 0.3) is 6.08 Å². The number of rotatable bonds is 6. The molecule has 0 unspecified atom stereocenters. The van der Waals surface area contributed by atoms with Gasteiger partial charge in [0.25, 0.3) is 0 Å². The molecule has 0 aliphatic heterocycles. The number of hydrogen-bond donors (Lipinski definition) is 1. The van der Waals surface area contributed by atoms with E-state index in [0.717, 1.165) is 10.0 Å². The molecule has 0 aliphatic carbocycles. The zero-order valence-corrected chi connectivity index (χ0v) is 15.2. The standard InChI is InChI=1S/C18H18BrNO4/c1-22-15-9-14(10-16(11-15)23-2)20-18(21)7-4-12-8-13(19)5-6-17(12)24-3/h4-11H,1-3H3,(H,20,21)/b7-4+. The van der Waals surface area contributed by atoms with Gasteiger partial charge in [0.15, 0.2) is 0 Å². The largest absolute Gasteiger partial charge is 0.497 e. The van der Waals surface area contributed by atoms with E-state index < -0.39 is 0 Å². The summed E-state index contributed by atoms with van der Waals surface area (Å²) in [5.41, 5.74) is 1.38. The zero-order valence-electron chi connectivity index (χ0n) is 13.6. The number of carbonyl (C=O) groups is 1. The summed E-state index contributed by atoms with van der Waals surface area (Å²) in [5.74, 6) is 1.61. The molecule has 1 amide bonds. The predicted molar refractivity (Wildman–Crippen MR) is 97.9 cm³/mol. The maximum atomic E-state index is 12.1. The summed E-state index contributed by atoms with van der Waals surface area (Å²) in [5, 5.41) is 2.78. The summed E-state index contributed by atoms with van der Waals surface area (Å²) >= 11 is 3.40. The van der Waals surface area contributed by atoms with Crippen LogP contribution in [0.3, 0.4) is 0 Å². The summed E-state index contributed by atoms with van der Waals surface area (Å²) in [7, 11) is 4.70. The van der Waals surface area contributed by atoms with E-state index in [1.165, 1.54) is 6.08 Å². The van der Waals surface area contributed by atoms with E-state index in [-0.39, 0.29) is 5.91 Å². The quantitative estimate of drug-likeness (QED) is 0.752. The molecule has 2 aromatic carbocycles. The van der Waals surface area contributed by atoms with Gasteiger partial charge in [-0.05, 0) is 24.3 Å². The Kier molecular flexibility index (Phi) is 6.26. The number of hydrogen-bond acceptors (Lipinski definition) is 4. The summed E-state index contributed by atoms with van der Waals surface area (Å²) in [4.78, 5) is 12.1. The van der Waals surface area contributed by atoms with E-state index in [9.17, 15) is 4.79 Å². The van der Waals surface area contributed by atoms with Crippen LogP contribution in [0.5, 0.6) is 17.2 Å². The third-order valence-electron chi connectivity index (χ3n) is 3.22. The Balaban J connectivity index is 2.15. The van der Waals surface area contributed by atoms with Crippen LogP contribution in [0.4, 0.5) is 5.69 Å². The summed E-state index contributed by atoms with van der Waals surface area (Å²) in [6, 6.07) is 10.7. The van der Waals surface area contributed by atoms with E-state index in [4.69, 9.17) is 14.2 Å². The molecule has 0 bridgehead atoms. The van der Waals surface area contributed by atoms with Crippen LogP contribution in [0.2, 0.25) is 0 Å². The molecule has 6 heteroatoms. The second-order valence-corrected chi connectivity index (χ2v) is 5.73. The van der Waals surface area contributed by atoms with Crippen molar-refractivity contribution >= 4 is 33.6 Å². The van der Waals surface area contributed by atoms with Crippen LogP contribution in [-0.2, 0) is 4.79 Å². The van der Waals surface area contributed by atoms with Gasteiger partial charge in [0.1, 0.15) is 17.2 Å². The monoisotopic (exact) mass is 391 g/mol. The van der Waals surface area contributed by atoms with Crippen molar-refractivity contribution < 1.29 is 19.0 Å². The van der Waals surface area contributed by atoms with Crippen molar-refractivity contribution in [2.24, 2.45) is 0 Å². The molecule has 1 N–H and O–H groups in total. The van der Waals surface area contributed by atoms with Crippen LogP contribution in [0.1, 0.15) is 5.56 Å². The van der Waals surface area contributed by atoms with Crippen molar-refractivity contribution in [3.05, 3.63) is 52.5 Å². The molecule has 2 rings (SSSR count). The molecule has 0 saturated heterocycles. The minimum Gasteiger partial charge on any atom is -0.497 e. The highest BCUT2D eigenvalue weighted by Gasteiger charge is 2.05. The third-order valence-corrected chi connectivity index (χ3v) is 3.72. The fraction of sp³-hybridized carbons (Fsp3) is 0.167. The Morgan fingerprint density at radius 3 is 2.25 bits per heavy atom. The lowest BCUT2D eigenvalue weighted by atomic mass is 10.2. The van der Waals surface area contributed by atoms with Crippen molar-refractivity contribution in [2.45, 2.75) is 0 Å². The van der Waals surface area contributed by atoms with E-state index >= 15 is 0 Å². The molecule has 2 aromatic rings. The highest BCUT2D eigenvalue weighted by Crippen LogP contribution is 2.26. The highest BCUT2D eigenvalue weighted by molar-refractivity contribution is 9.10. The van der Waals surface area contributed by atoms with Gasteiger partial charge >= 0.3 is 0 Å². The number of carbonyl (C=O) groups excluding carboxylic acids is 1. The lowest BCUT2D eigenvalue weighted by molar-refractivity contribution is -0.111. The van der Waals surface area contributed by atoms with Crippen molar-refractivity contribution in [2.75, 3.05) is 26.6 Å². The zero-order chi connectivity index (χ0) is 17.5. The Morgan fingerprint density at radius 2 is 1.67 bits per heavy atom. The van der Waals surface area contributed by atoms with E-state index in [2.05, 4.69) is 21.2 Å². The fourth-order valence-corrected chi connectivity index (χ4v) is 2.44. The molecule has 0 heterocycles. The number of amides is 1. The normalized spacial score (nSPS) is 10.5. The molecule has 0 atom stereocenters. The topological polar surface area (TPSA) is 56.8 Å². The third kappa shape index (κ3) is 4.76. The number of methoxy groups -OCH3 is 3. The average Bonchev–Trinajstić information content (AvgIpc) is 2.59. The first-order chi connectivity index (χ1) is 11.5.